The maximum atomic E-state index is 16.0. The average Bonchev–Trinajstić information content (AvgIpc) is 3.16. The number of halogens is 4. The van der Waals surface area contributed by atoms with Crippen molar-refractivity contribution >= 4 is 10.9 Å². The van der Waals surface area contributed by atoms with Crippen molar-refractivity contribution in [1.29, 1.82) is 0 Å². The highest BCUT2D eigenvalue weighted by Crippen LogP contribution is 2.50. The maximum Gasteiger partial charge on any atom is 0.416 e. The van der Waals surface area contributed by atoms with E-state index >= 15 is 4.39 Å². The van der Waals surface area contributed by atoms with Gasteiger partial charge >= 0.3 is 6.18 Å². The van der Waals surface area contributed by atoms with E-state index in [2.05, 4.69) is 0 Å². The number of rotatable bonds is 6. The number of hydrogen-bond acceptors (Lipinski definition) is 1. The molecular formula is C26H30F4OS. The first-order chi connectivity index (χ1) is 14.9. The molecule has 0 spiro atoms. The second-order valence-corrected chi connectivity index (χ2v) is 10.7. The van der Waals surface area contributed by atoms with Gasteiger partial charge in [0.2, 0.25) is 0 Å². The maximum absolute atomic E-state index is 16.0. The monoisotopic (exact) mass is 466 g/mol. The molecule has 6 heteroatoms. The van der Waals surface area contributed by atoms with Gasteiger partial charge in [0.15, 0.2) is 0 Å². The third kappa shape index (κ3) is 4.81. The topological polar surface area (TPSA) is 20.2 Å². The van der Waals surface area contributed by atoms with Crippen LogP contribution in [0.2, 0.25) is 0 Å². The third-order valence-corrected chi connectivity index (χ3v) is 7.54. The molecule has 1 aliphatic heterocycles. The fourth-order valence-corrected chi connectivity index (χ4v) is 6.33. The van der Waals surface area contributed by atoms with Gasteiger partial charge < -0.3 is 5.11 Å². The molecule has 174 valence electrons. The van der Waals surface area contributed by atoms with E-state index in [1.54, 1.807) is 12.3 Å². The first kappa shape index (κ1) is 24.6. The molecule has 0 fully saturated rings. The first-order valence-electron chi connectivity index (χ1n) is 10.8. The zero-order chi connectivity index (χ0) is 23.8. The van der Waals surface area contributed by atoms with E-state index in [1.807, 2.05) is 58.0 Å². The third-order valence-electron chi connectivity index (χ3n) is 5.71. The van der Waals surface area contributed by atoms with Crippen molar-refractivity contribution in [2.45, 2.75) is 64.5 Å². The highest BCUT2D eigenvalue weighted by atomic mass is 32.2. The molecule has 32 heavy (non-hydrogen) atoms. The summed E-state index contributed by atoms with van der Waals surface area (Å²) in [5.41, 5.74) is 3.17. The molecule has 0 amide bonds. The predicted molar refractivity (Wildman–Crippen MR) is 127 cm³/mol. The van der Waals surface area contributed by atoms with Gasteiger partial charge in [-0.05, 0) is 69.0 Å². The van der Waals surface area contributed by atoms with Crippen LogP contribution in [0.15, 0.2) is 52.8 Å². The lowest BCUT2D eigenvalue weighted by molar-refractivity contribution is -0.0878. The molecule has 1 heterocycles. The summed E-state index contributed by atoms with van der Waals surface area (Å²) >= 11 is 0. The van der Waals surface area contributed by atoms with Crippen LogP contribution in [0.1, 0.15) is 74.8 Å². The van der Waals surface area contributed by atoms with Gasteiger partial charge in [-0.25, -0.2) is 15.3 Å². The smallest absolute Gasteiger partial charge is 0.389 e. The van der Waals surface area contributed by atoms with E-state index < -0.39 is 28.7 Å². The van der Waals surface area contributed by atoms with Crippen molar-refractivity contribution in [2.75, 3.05) is 0 Å². The van der Waals surface area contributed by atoms with Crippen LogP contribution < -0.4 is 0 Å². The number of benzene rings is 2. The molecule has 0 bridgehead atoms. The van der Waals surface area contributed by atoms with Gasteiger partial charge in [0.25, 0.3) is 0 Å². The Kier molecular flexibility index (Phi) is 7.25. The summed E-state index contributed by atoms with van der Waals surface area (Å²) in [6.45, 7) is 9.21. The van der Waals surface area contributed by atoms with Crippen LogP contribution in [-0.4, -0.2) is 11.3 Å². The van der Waals surface area contributed by atoms with E-state index in [0.29, 0.717) is 22.3 Å². The lowest BCUT2D eigenvalue weighted by Crippen LogP contribution is -2.14. The SMILES string of the molecule is CC(C)c1c(F)c(C(C)C)c(C(C)O)c(-c2ccccc2)c1C[SH]1C=CC(C(F)(F)F)=C1. The minimum Gasteiger partial charge on any atom is -0.389 e. The summed E-state index contributed by atoms with van der Waals surface area (Å²) in [7, 11) is -1.25. The largest absolute Gasteiger partial charge is 0.416 e. The molecule has 0 saturated heterocycles. The zero-order valence-electron chi connectivity index (χ0n) is 19.0. The van der Waals surface area contributed by atoms with Crippen LogP contribution in [0.25, 0.3) is 11.1 Å². The number of allylic oxidation sites excluding steroid dienone is 2. The fraction of sp³-hybridized carbons (Fsp3) is 0.385. The molecule has 2 aromatic rings. The van der Waals surface area contributed by atoms with E-state index in [0.717, 1.165) is 17.2 Å². The second kappa shape index (κ2) is 9.44. The van der Waals surface area contributed by atoms with Crippen molar-refractivity contribution in [3.63, 3.8) is 0 Å². The van der Waals surface area contributed by atoms with Crippen LogP contribution in [0.5, 0.6) is 0 Å². The van der Waals surface area contributed by atoms with E-state index in [9.17, 15) is 18.3 Å². The molecule has 1 aliphatic rings. The van der Waals surface area contributed by atoms with Gasteiger partial charge in [-0.2, -0.15) is 13.2 Å². The van der Waals surface area contributed by atoms with Crippen LogP contribution in [0, 0.1) is 5.82 Å². The summed E-state index contributed by atoms with van der Waals surface area (Å²) < 4.78 is 55.6. The lowest BCUT2D eigenvalue weighted by atomic mass is 9.79. The second-order valence-electron chi connectivity index (χ2n) is 8.83. The Labute approximate surface area is 190 Å². The Hall–Kier alpha value is -2.05. The molecule has 0 aliphatic carbocycles. The average molecular weight is 467 g/mol. The summed E-state index contributed by atoms with van der Waals surface area (Å²) in [5, 5.41) is 13.6. The summed E-state index contributed by atoms with van der Waals surface area (Å²) in [4.78, 5) is 0. The van der Waals surface area contributed by atoms with Crippen molar-refractivity contribution in [2.24, 2.45) is 0 Å². The Bertz CT molecular complexity index is 1030. The van der Waals surface area contributed by atoms with Crippen LogP contribution in [-0.2, 0) is 5.75 Å². The molecule has 2 atom stereocenters. The highest BCUT2D eigenvalue weighted by molar-refractivity contribution is 8.21. The Morgan fingerprint density at radius 2 is 1.50 bits per heavy atom. The summed E-state index contributed by atoms with van der Waals surface area (Å²) in [5.74, 6) is -0.389. The summed E-state index contributed by atoms with van der Waals surface area (Å²) in [6, 6.07) is 9.45. The van der Waals surface area contributed by atoms with E-state index in [1.165, 1.54) is 5.41 Å². The molecule has 2 unspecified atom stereocenters. The van der Waals surface area contributed by atoms with Crippen LogP contribution in [0.3, 0.4) is 0 Å². The molecule has 0 saturated carbocycles. The predicted octanol–water partition coefficient (Wildman–Crippen LogP) is 8.27. The molecule has 1 nitrogen and oxygen atoms in total. The highest BCUT2D eigenvalue weighted by Gasteiger charge is 2.35. The zero-order valence-corrected chi connectivity index (χ0v) is 19.9. The van der Waals surface area contributed by atoms with Gasteiger partial charge in [0.05, 0.1) is 11.7 Å². The number of thiol groups is 1. The molecule has 1 N–H and O–H groups in total. The quantitative estimate of drug-likeness (QED) is 0.324. The molecule has 2 aromatic carbocycles. The van der Waals surface area contributed by atoms with E-state index in [-0.39, 0.29) is 23.4 Å². The van der Waals surface area contributed by atoms with Gasteiger partial charge in [-0.1, -0.05) is 58.0 Å². The van der Waals surface area contributed by atoms with Gasteiger partial charge in [-0.15, -0.1) is 0 Å². The number of alkyl halides is 3. The molecule has 0 aromatic heterocycles. The normalized spacial score (nSPS) is 18.5. The molecular weight excluding hydrogens is 436 g/mol. The van der Waals surface area contributed by atoms with Crippen LogP contribution >= 0.6 is 10.9 Å². The Balaban J connectivity index is 2.34. The number of aliphatic hydroxyl groups is 1. The van der Waals surface area contributed by atoms with Crippen molar-refractivity contribution in [3.8, 4) is 11.1 Å². The minimum atomic E-state index is -4.39. The standard InChI is InChI=1S/C26H30F4OS/c1-15(2)21-20(14-32-12-11-19(13-32)26(28,29)30)24(18-9-7-6-8-10-18)23(17(5)31)22(16(3)4)25(21)27/h6-13,15-17,31-32H,14H2,1-5H3. The Morgan fingerprint density at radius 1 is 0.906 bits per heavy atom. The van der Waals surface area contributed by atoms with Gasteiger partial charge in [0, 0.05) is 5.75 Å². The van der Waals surface area contributed by atoms with Crippen molar-refractivity contribution < 1.29 is 22.7 Å². The fourth-order valence-electron chi connectivity index (χ4n) is 4.42. The first-order valence-corrected chi connectivity index (χ1v) is 12.4. The minimum absolute atomic E-state index is 0.164. The summed E-state index contributed by atoms with van der Waals surface area (Å²) in [6.07, 6.45) is -4.20. The molecule has 0 radical (unpaired) electrons. The Morgan fingerprint density at radius 3 is 1.97 bits per heavy atom. The molecule has 3 rings (SSSR count). The van der Waals surface area contributed by atoms with Crippen molar-refractivity contribution in [3.05, 3.63) is 80.9 Å². The van der Waals surface area contributed by atoms with Crippen molar-refractivity contribution in [1.82, 2.24) is 0 Å². The number of hydrogen-bond donors (Lipinski definition) is 2. The van der Waals surface area contributed by atoms with E-state index in [4.69, 9.17) is 0 Å². The van der Waals surface area contributed by atoms with Gasteiger partial charge in [-0.3, -0.25) is 0 Å². The van der Waals surface area contributed by atoms with Gasteiger partial charge in [0.1, 0.15) is 5.82 Å². The lowest BCUT2D eigenvalue weighted by Gasteiger charge is -2.29. The number of aliphatic hydroxyl groups excluding tert-OH is 1. The van der Waals surface area contributed by atoms with Crippen LogP contribution in [0.4, 0.5) is 17.6 Å².